The lowest BCUT2D eigenvalue weighted by Gasteiger charge is -2.27. The van der Waals surface area contributed by atoms with Gasteiger partial charge in [0.15, 0.2) is 0 Å². The van der Waals surface area contributed by atoms with Gasteiger partial charge in [0, 0.05) is 37.8 Å². The Hall–Kier alpha value is -7.65. The average Bonchev–Trinajstić information content (AvgIpc) is 3.35. The zero-order chi connectivity index (χ0) is 48.3. The first-order valence-electron chi connectivity index (χ1n) is 23.0. The van der Waals surface area contributed by atoms with Crippen LogP contribution in [-0.4, -0.2) is 83.3 Å². The molecule has 0 aromatic heterocycles. The van der Waals surface area contributed by atoms with Gasteiger partial charge in [-0.05, 0) is 84.2 Å². The molecule has 2 aliphatic heterocycles. The number of rotatable bonds is 15. The summed E-state index contributed by atoms with van der Waals surface area (Å²) in [6, 6.07) is 35.9. The largest absolute Gasteiger partial charge is 0.480 e. The van der Waals surface area contributed by atoms with E-state index in [9.17, 15) is 38.7 Å². The molecule has 2 aliphatic rings. The summed E-state index contributed by atoms with van der Waals surface area (Å²) in [5.74, 6) is -5.10. The topological polar surface area (TPSA) is 238 Å². The van der Waals surface area contributed by atoms with Crippen LogP contribution in [0.4, 0.5) is 5.69 Å². The predicted octanol–water partition coefficient (Wildman–Crippen LogP) is 4.38. The zero-order valence-electron chi connectivity index (χ0n) is 37.8. The van der Waals surface area contributed by atoms with E-state index in [-0.39, 0.29) is 44.9 Å². The van der Waals surface area contributed by atoms with Crippen LogP contribution in [0.25, 0.3) is 11.1 Å². The molecular formula is C53H59N7O8. The van der Waals surface area contributed by atoms with Gasteiger partial charge in [-0.3, -0.25) is 28.8 Å². The molecule has 68 heavy (non-hydrogen) atoms. The summed E-state index contributed by atoms with van der Waals surface area (Å²) in [7, 11) is 0. The number of fused-ring (bicyclic) bond motifs is 18. The second kappa shape index (κ2) is 25.3. The molecule has 0 saturated heterocycles. The first-order chi connectivity index (χ1) is 32.9. The third-order valence-corrected chi connectivity index (χ3v) is 11.7. The number of amides is 6. The summed E-state index contributed by atoms with van der Waals surface area (Å²) >= 11 is 0. The highest BCUT2D eigenvalue weighted by molar-refractivity contribution is 5.97. The van der Waals surface area contributed by atoms with E-state index in [0.717, 1.165) is 16.7 Å². The van der Waals surface area contributed by atoms with Crippen molar-refractivity contribution in [1.29, 1.82) is 0 Å². The van der Waals surface area contributed by atoms with Gasteiger partial charge in [-0.25, -0.2) is 4.79 Å². The first-order valence-corrected chi connectivity index (χ1v) is 23.0. The second-order valence-corrected chi connectivity index (χ2v) is 16.9. The Kier molecular flexibility index (Phi) is 18.5. The van der Waals surface area contributed by atoms with Gasteiger partial charge in [0.05, 0.1) is 0 Å². The Bertz CT molecular complexity index is 2470. The number of carbonyl (C=O) groups is 7. The highest BCUT2D eigenvalue weighted by Gasteiger charge is 2.33. The number of carboxylic acid groups (broad SMARTS) is 1. The summed E-state index contributed by atoms with van der Waals surface area (Å²) in [6.07, 6.45) is 1.13. The molecule has 5 atom stereocenters. The molecule has 0 radical (unpaired) electrons. The van der Waals surface area contributed by atoms with E-state index in [1.807, 2.05) is 91.0 Å². The molecule has 2 heterocycles. The molecule has 0 saturated carbocycles. The van der Waals surface area contributed by atoms with E-state index in [1.54, 1.807) is 48.5 Å². The molecule has 7 rings (SSSR count). The van der Waals surface area contributed by atoms with Crippen LogP contribution in [0, 0.1) is 0 Å². The van der Waals surface area contributed by atoms with Gasteiger partial charge in [-0.2, -0.15) is 0 Å². The van der Waals surface area contributed by atoms with Gasteiger partial charge >= 0.3 is 5.97 Å². The number of nitrogens with one attached hydrogen (secondary N) is 6. The van der Waals surface area contributed by atoms with Crippen LogP contribution in [0.15, 0.2) is 140 Å². The zero-order valence-corrected chi connectivity index (χ0v) is 37.8. The van der Waals surface area contributed by atoms with Crippen molar-refractivity contribution >= 4 is 47.1 Å². The van der Waals surface area contributed by atoms with Gasteiger partial charge in [0.2, 0.25) is 35.4 Å². The summed E-state index contributed by atoms with van der Waals surface area (Å²) in [4.78, 5) is 96.7. The molecule has 0 spiro atoms. The van der Waals surface area contributed by atoms with E-state index < -0.39 is 71.6 Å². The smallest absolute Gasteiger partial charge is 0.326 e. The Morgan fingerprint density at radius 3 is 1.72 bits per heavy atom. The normalized spacial score (nSPS) is 18.9. The third-order valence-electron chi connectivity index (χ3n) is 11.7. The summed E-state index contributed by atoms with van der Waals surface area (Å²) < 4.78 is 0. The van der Waals surface area contributed by atoms with Crippen LogP contribution in [0.3, 0.4) is 0 Å². The van der Waals surface area contributed by atoms with Crippen molar-refractivity contribution in [3.63, 3.8) is 0 Å². The van der Waals surface area contributed by atoms with Crippen LogP contribution in [0.1, 0.15) is 60.8 Å². The standard InChI is InChI=1S/C53H59N7O8/c54-31-11-10-18-43(53(67)68)57-50(64)45-34-38-21-26-41(27-22-38)55-47(61)29-30-48(62)56-42(28-23-35-12-4-1-5-13-35)49(63)58-46(33-37-19-24-40(25-20-37)39-16-8-3-9-17-39)52(66)59-44(51(65)60-45)32-36-14-6-2-7-15-36/h1-9,12-17,19-22,24-27,42-46H,10-11,18,23,28-34,54H2,(H,55,61)(H,56,62)(H,57,64)(H,58,63)(H,59,66)(H,60,65)(H,67,68)/t42-,43+,44-,45+,46+/m1/s1. The number of hydrogen-bond acceptors (Lipinski definition) is 8. The van der Waals surface area contributed by atoms with Crippen molar-refractivity contribution in [3.8, 4) is 11.1 Å². The fourth-order valence-corrected chi connectivity index (χ4v) is 7.92. The highest BCUT2D eigenvalue weighted by atomic mass is 16.4. The molecule has 15 nitrogen and oxygen atoms in total. The van der Waals surface area contributed by atoms with Crippen LogP contribution >= 0.6 is 0 Å². The third kappa shape index (κ3) is 15.5. The number of unbranched alkanes of at least 4 members (excludes halogenated alkanes) is 1. The van der Waals surface area contributed by atoms with E-state index in [0.29, 0.717) is 48.2 Å². The van der Waals surface area contributed by atoms with Crippen molar-refractivity contribution in [1.82, 2.24) is 26.6 Å². The average molecular weight is 922 g/mol. The molecule has 5 aromatic carbocycles. The lowest BCUT2D eigenvalue weighted by Crippen LogP contribution is -2.60. The maximum absolute atomic E-state index is 14.7. The number of aliphatic carboxylic acids is 1. The number of aryl methyl sites for hydroxylation is 1. The van der Waals surface area contributed by atoms with E-state index >= 15 is 0 Å². The molecular weight excluding hydrogens is 863 g/mol. The Morgan fingerprint density at radius 1 is 0.588 bits per heavy atom. The minimum atomic E-state index is -1.32. The van der Waals surface area contributed by atoms with Crippen LogP contribution in [0.5, 0.6) is 0 Å². The van der Waals surface area contributed by atoms with E-state index in [1.165, 1.54) is 0 Å². The predicted molar refractivity (Wildman–Crippen MR) is 259 cm³/mol. The molecule has 0 unspecified atom stereocenters. The number of nitrogens with two attached hydrogens (primary N) is 1. The number of anilines is 1. The lowest BCUT2D eigenvalue weighted by molar-refractivity contribution is -0.142. The van der Waals surface area contributed by atoms with Crippen LogP contribution < -0.4 is 37.6 Å². The molecule has 0 aliphatic carbocycles. The summed E-state index contributed by atoms with van der Waals surface area (Å²) in [6.45, 7) is 0.346. The van der Waals surface area contributed by atoms with Crippen molar-refractivity contribution in [3.05, 3.63) is 162 Å². The fraction of sp³-hybridized carbons (Fsp3) is 0.302. The van der Waals surface area contributed by atoms with Gasteiger partial charge in [0.25, 0.3) is 0 Å². The quantitative estimate of drug-likeness (QED) is 0.0549. The Balaban J connectivity index is 1.36. The van der Waals surface area contributed by atoms with E-state index in [2.05, 4.69) is 31.9 Å². The molecule has 15 heteroatoms. The Morgan fingerprint density at radius 2 is 1.12 bits per heavy atom. The van der Waals surface area contributed by atoms with Gasteiger partial charge in [-0.15, -0.1) is 0 Å². The van der Waals surface area contributed by atoms with Crippen LogP contribution in [-0.2, 0) is 59.2 Å². The fourth-order valence-electron chi connectivity index (χ4n) is 7.92. The monoisotopic (exact) mass is 921 g/mol. The first kappa shape index (κ1) is 49.8. The number of carbonyl (C=O) groups excluding carboxylic acids is 6. The molecule has 9 N–H and O–H groups in total. The van der Waals surface area contributed by atoms with Crippen molar-refractivity contribution in [2.45, 2.75) is 94.4 Å². The molecule has 5 aromatic rings. The number of hydrogen-bond donors (Lipinski definition) is 8. The molecule has 6 amide bonds. The number of benzene rings is 5. The minimum Gasteiger partial charge on any atom is -0.480 e. The Labute approximate surface area is 396 Å². The van der Waals surface area contributed by atoms with Crippen LogP contribution in [0.2, 0.25) is 0 Å². The maximum atomic E-state index is 14.7. The number of carboxylic acids is 1. The molecule has 354 valence electrons. The maximum Gasteiger partial charge on any atom is 0.326 e. The van der Waals surface area contributed by atoms with E-state index in [4.69, 9.17) is 5.73 Å². The molecule has 2 bridgehead atoms. The highest BCUT2D eigenvalue weighted by Crippen LogP contribution is 2.21. The summed E-state index contributed by atoms with van der Waals surface area (Å²) in [5, 5.41) is 26.7. The minimum absolute atomic E-state index is 0.00652. The van der Waals surface area contributed by atoms with Gasteiger partial charge in [-0.1, -0.05) is 127 Å². The van der Waals surface area contributed by atoms with Gasteiger partial charge in [0.1, 0.15) is 30.2 Å². The van der Waals surface area contributed by atoms with Crippen molar-refractivity contribution in [2.75, 3.05) is 11.9 Å². The van der Waals surface area contributed by atoms with Gasteiger partial charge < -0.3 is 42.7 Å². The van der Waals surface area contributed by atoms with Crippen molar-refractivity contribution in [2.24, 2.45) is 5.73 Å². The molecule has 0 fully saturated rings. The SMILES string of the molecule is NCCCC[C@H](NC(=O)[C@@H]1Cc2ccc(cc2)NC(=O)CCC(=O)N[C@H](CCc2ccccc2)C(=O)N[C@@H](Cc2ccc(-c3ccccc3)cc2)C(=O)N[C@H](Cc2ccccc2)C(=O)N1)C(=O)O. The second-order valence-electron chi connectivity index (χ2n) is 16.9. The van der Waals surface area contributed by atoms with Crippen molar-refractivity contribution < 1.29 is 38.7 Å². The summed E-state index contributed by atoms with van der Waals surface area (Å²) in [5.41, 5.74) is 10.8. The lowest BCUT2D eigenvalue weighted by atomic mass is 9.98.